The molecule has 0 saturated heterocycles. The number of aryl methyl sites for hydroxylation is 1. The molecule has 11 heteroatoms. The molecule has 2 bridgehead atoms. The van der Waals surface area contributed by atoms with Crippen LogP contribution in [-0.2, 0) is 26.3 Å². The maximum Gasteiger partial charge on any atom is 0.264 e. The predicted molar refractivity (Wildman–Crippen MR) is 216 cm³/mol. The van der Waals surface area contributed by atoms with Gasteiger partial charge in [0.1, 0.15) is 11.4 Å². The van der Waals surface area contributed by atoms with Crippen LogP contribution in [0.1, 0.15) is 94.6 Å². The molecule has 2 aromatic carbocycles. The Morgan fingerprint density at radius 1 is 1.15 bits per heavy atom. The minimum atomic E-state index is -4.01. The molecular weight excluding hydrogens is 724 g/mol. The van der Waals surface area contributed by atoms with E-state index in [2.05, 4.69) is 67.5 Å². The predicted octanol–water partition coefficient (Wildman–Crippen LogP) is 8.03. The van der Waals surface area contributed by atoms with Gasteiger partial charge in [-0.05, 0) is 123 Å². The Hall–Kier alpha value is -2.81. The van der Waals surface area contributed by atoms with Crippen LogP contribution in [0.3, 0.4) is 0 Å². The van der Waals surface area contributed by atoms with Crippen molar-refractivity contribution in [2.75, 3.05) is 31.2 Å². The highest BCUT2D eigenvalue weighted by atomic mass is 35.5. The third-order valence-corrected chi connectivity index (χ3v) is 19.6. The van der Waals surface area contributed by atoms with E-state index in [1.165, 1.54) is 11.1 Å². The lowest BCUT2D eigenvalue weighted by atomic mass is 9.64. The molecule has 8 nitrogen and oxygen atoms in total. The summed E-state index contributed by atoms with van der Waals surface area (Å²) >= 11 is 6.47. The highest BCUT2D eigenvalue weighted by molar-refractivity contribution is 7.90. The molecule has 1 saturated carbocycles. The third kappa shape index (κ3) is 8.25. The van der Waals surface area contributed by atoms with Crippen LogP contribution >= 0.6 is 11.6 Å². The molecule has 0 radical (unpaired) electrons. The summed E-state index contributed by atoms with van der Waals surface area (Å²) in [6.07, 6.45) is 9.20. The second-order valence-corrected chi connectivity index (χ2v) is 24.8. The van der Waals surface area contributed by atoms with Crippen molar-refractivity contribution in [1.29, 1.82) is 0 Å². The van der Waals surface area contributed by atoms with Gasteiger partial charge >= 0.3 is 0 Å². The first kappa shape index (κ1) is 39.9. The van der Waals surface area contributed by atoms with Crippen LogP contribution in [0, 0.1) is 29.6 Å². The Morgan fingerprint density at radius 2 is 1.92 bits per heavy atom. The molecule has 4 aliphatic rings. The van der Waals surface area contributed by atoms with Crippen LogP contribution < -0.4 is 14.4 Å². The van der Waals surface area contributed by atoms with Crippen molar-refractivity contribution in [3.8, 4) is 17.6 Å². The van der Waals surface area contributed by atoms with Crippen LogP contribution in [0.2, 0.25) is 23.2 Å². The Labute approximate surface area is 323 Å². The van der Waals surface area contributed by atoms with Gasteiger partial charge < -0.3 is 19.2 Å². The second-order valence-electron chi connectivity index (χ2n) is 17.5. The molecule has 2 N–H and O–H groups in total. The van der Waals surface area contributed by atoms with Crippen molar-refractivity contribution < 1.29 is 27.5 Å². The zero-order valence-electron chi connectivity index (χ0n) is 32.4. The number of anilines is 1. The number of aliphatic hydroxyl groups is 1. The lowest BCUT2D eigenvalue weighted by Gasteiger charge is -2.47. The first-order valence-corrected chi connectivity index (χ1v) is 24.1. The topological polar surface area (TPSA) is 105 Å². The summed E-state index contributed by atoms with van der Waals surface area (Å²) in [6, 6.07) is 11.4. The number of ether oxygens (including phenoxy) is 1. The van der Waals surface area contributed by atoms with E-state index >= 15 is 0 Å². The first-order valence-electron chi connectivity index (χ1n) is 19.2. The molecule has 0 unspecified atom stereocenters. The van der Waals surface area contributed by atoms with E-state index in [0.717, 1.165) is 42.8 Å². The number of allylic oxidation sites excluding steroid dienone is 1. The van der Waals surface area contributed by atoms with Crippen molar-refractivity contribution in [3.05, 3.63) is 70.3 Å². The fraction of sp³-hybridized carbons (Fsp3) is 0.595. The van der Waals surface area contributed by atoms with Crippen LogP contribution in [-0.4, -0.2) is 64.9 Å². The summed E-state index contributed by atoms with van der Waals surface area (Å²) in [6.45, 7) is 16.8. The van der Waals surface area contributed by atoms with E-state index in [1.54, 1.807) is 31.2 Å². The number of fused-ring (bicyclic) bond motifs is 4. The molecule has 288 valence electrons. The van der Waals surface area contributed by atoms with Crippen LogP contribution in [0.5, 0.6) is 5.75 Å². The number of hydrogen-bond donors (Lipinski definition) is 2. The van der Waals surface area contributed by atoms with Gasteiger partial charge in [0.2, 0.25) is 10.0 Å². The maximum absolute atomic E-state index is 13.6. The molecule has 2 aromatic rings. The number of carbonyl (C=O) groups excluding carboxylic acids is 1. The molecular formula is C42H57ClN2O6SSi. The van der Waals surface area contributed by atoms with Gasteiger partial charge in [-0.15, -0.1) is 0 Å². The van der Waals surface area contributed by atoms with Crippen molar-refractivity contribution in [2.45, 2.75) is 114 Å². The molecule has 2 aliphatic carbocycles. The third-order valence-electron chi connectivity index (χ3n) is 12.9. The Morgan fingerprint density at radius 3 is 2.64 bits per heavy atom. The molecule has 1 amide bonds. The SMILES string of the molecule is C[C@@H]1[C@@H](C)C/C=C/[C@](O)(C#CCCO[Si](C)(C)C(C)(C)C)[C@@H]2CC[C@H]2CN2C[C@@]3(CCCc4cc(Cl)ccc43)COc3ccc(cc32)C(=O)NS1(=O)=O. The summed E-state index contributed by atoms with van der Waals surface area (Å²) in [5.74, 6) is 6.20. The minimum absolute atomic E-state index is 0.0940. The monoisotopic (exact) mass is 780 g/mol. The van der Waals surface area contributed by atoms with Crippen molar-refractivity contribution in [3.63, 3.8) is 0 Å². The number of sulfonamides is 1. The smallest absolute Gasteiger partial charge is 0.264 e. The second kappa shape index (κ2) is 15.0. The average molecular weight is 782 g/mol. The van der Waals surface area contributed by atoms with E-state index in [-0.39, 0.29) is 33.8 Å². The van der Waals surface area contributed by atoms with Crippen LogP contribution in [0.15, 0.2) is 48.6 Å². The van der Waals surface area contributed by atoms with E-state index in [9.17, 15) is 18.3 Å². The van der Waals surface area contributed by atoms with Crippen LogP contribution in [0.25, 0.3) is 0 Å². The quantitative estimate of drug-likeness (QED) is 0.141. The summed E-state index contributed by atoms with van der Waals surface area (Å²) in [7, 11) is -5.94. The van der Waals surface area contributed by atoms with Gasteiger partial charge in [0.15, 0.2) is 8.32 Å². The number of amides is 1. The average Bonchev–Trinajstić information content (AvgIpc) is 3.21. The summed E-state index contributed by atoms with van der Waals surface area (Å²) in [4.78, 5) is 15.9. The molecule has 2 heterocycles. The molecule has 1 spiro atoms. The van der Waals surface area contributed by atoms with Gasteiger partial charge in [0, 0.05) is 48.0 Å². The Bertz CT molecular complexity index is 1920. The Balaban J connectivity index is 1.38. The summed E-state index contributed by atoms with van der Waals surface area (Å²) in [5.41, 5.74) is 1.75. The largest absolute Gasteiger partial charge is 0.490 e. The molecule has 6 rings (SSSR count). The van der Waals surface area contributed by atoms with Gasteiger partial charge in [-0.25, -0.2) is 13.1 Å². The highest BCUT2D eigenvalue weighted by Crippen LogP contribution is 2.48. The molecule has 53 heavy (non-hydrogen) atoms. The number of halogens is 1. The summed E-state index contributed by atoms with van der Waals surface area (Å²) < 4.78 is 42.3. The zero-order chi connectivity index (χ0) is 38.4. The normalized spacial score (nSPS) is 30.7. The van der Waals surface area contributed by atoms with E-state index < -0.39 is 35.1 Å². The lowest BCUT2D eigenvalue weighted by Crippen LogP contribution is -2.52. The van der Waals surface area contributed by atoms with Crippen LogP contribution in [0.4, 0.5) is 5.69 Å². The summed E-state index contributed by atoms with van der Waals surface area (Å²) in [5, 5.41) is 12.4. The molecule has 2 aliphatic heterocycles. The van der Waals surface area contributed by atoms with Crippen molar-refractivity contribution in [1.82, 2.24) is 4.72 Å². The van der Waals surface area contributed by atoms with E-state index in [4.69, 9.17) is 20.8 Å². The minimum Gasteiger partial charge on any atom is -0.490 e. The van der Waals surface area contributed by atoms with Gasteiger partial charge in [-0.2, -0.15) is 0 Å². The lowest BCUT2D eigenvalue weighted by molar-refractivity contribution is -0.00326. The number of nitrogens with one attached hydrogen (secondary N) is 1. The Kier molecular flexibility index (Phi) is 11.3. The van der Waals surface area contributed by atoms with Gasteiger partial charge in [0.25, 0.3) is 5.91 Å². The van der Waals surface area contributed by atoms with Gasteiger partial charge in [-0.1, -0.05) is 63.3 Å². The molecule has 1 fully saturated rings. The highest BCUT2D eigenvalue weighted by Gasteiger charge is 2.48. The number of nitrogens with zero attached hydrogens (tertiary/aromatic N) is 1. The molecule has 0 aromatic heterocycles. The van der Waals surface area contributed by atoms with E-state index in [0.29, 0.717) is 44.9 Å². The fourth-order valence-corrected chi connectivity index (χ4v) is 10.7. The number of benzene rings is 2. The van der Waals surface area contributed by atoms with Crippen molar-refractivity contribution in [2.24, 2.45) is 17.8 Å². The van der Waals surface area contributed by atoms with Gasteiger partial charge in [0.05, 0.1) is 17.5 Å². The first-order chi connectivity index (χ1) is 24.8. The molecule has 6 atom stereocenters. The number of hydrogen-bond acceptors (Lipinski definition) is 7. The fourth-order valence-electron chi connectivity index (χ4n) is 8.18. The maximum atomic E-state index is 13.6. The zero-order valence-corrected chi connectivity index (χ0v) is 35.0. The number of carbonyl (C=O) groups is 1. The van der Waals surface area contributed by atoms with Gasteiger partial charge in [-0.3, -0.25) is 4.79 Å². The van der Waals surface area contributed by atoms with E-state index in [1.807, 2.05) is 19.1 Å². The standard InChI is InChI=1S/C42H57ClN2O6SSi/c1-29-12-10-22-42(47,21-8-9-23-51-53(6,7)40(3,4)5)36-17-14-33(36)26-45-27-41(20-11-13-31-24-34(43)16-18-35(31)41)28-50-38-19-15-32(25-37(38)45)39(46)44-52(48,49)30(29)2/h10,15-16,18-19,22,24-25,29-30,33,36,47H,9,11-14,17,20,23,26-28H2,1-7H3,(H,44,46)/b22-10+/t29-,30+,33-,36+,41-,42+/m0/s1. The van der Waals surface area contributed by atoms with Crippen molar-refractivity contribution >= 4 is 41.5 Å². The number of rotatable bonds is 3.